The Kier molecular flexibility index (Phi) is 6.92. The molecule has 0 aliphatic rings. The molecule has 0 spiro atoms. The van der Waals surface area contributed by atoms with Crippen molar-refractivity contribution in [1.82, 2.24) is 10.6 Å². The van der Waals surface area contributed by atoms with Gasteiger partial charge in [-0.15, -0.1) is 0 Å². The van der Waals surface area contributed by atoms with Crippen molar-refractivity contribution in [3.8, 4) is 0 Å². The molecule has 0 atom stereocenters. The lowest BCUT2D eigenvalue weighted by molar-refractivity contribution is 0.730. The fourth-order valence-corrected chi connectivity index (χ4v) is 1.59. The summed E-state index contributed by atoms with van der Waals surface area (Å²) in [5, 5.41) is 6.60. The maximum atomic E-state index is 4.58. The summed E-state index contributed by atoms with van der Waals surface area (Å²) in [7, 11) is 0. The highest BCUT2D eigenvalue weighted by atomic mass is 15.2. The molecular formula is C15H25N3. The molecular weight excluding hydrogens is 222 g/mol. The molecule has 0 amide bonds. The van der Waals surface area contributed by atoms with E-state index in [9.17, 15) is 0 Å². The molecule has 18 heavy (non-hydrogen) atoms. The lowest BCUT2D eigenvalue weighted by Gasteiger charge is -2.10. The van der Waals surface area contributed by atoms with Crippen LogP contribution in [-0.2, 0) is 6.54 Å². The van der Waals surface area contributed by atoms with E-state index in [1.807, 2.05) is 0 Å². The largest absolute Gasteiger partial charge is 0.357 e. The van der Waals surface area contributed by atoms with Crippen molar-refractivity contribution in [1.29, 1.82) is 0 Å². The third-order valence-electron chi connectivity index (χ3n) is 2.71. The van der Waals surface area contributed by atoms with E-state index >= 15 is 0 Å². The average molecular weight is 247 g/mol. The van der Waals surface area contributed by atoms with Crippen molar-refractivity contribution in [2.45, 2.75) is 40.2 Å². The van der Waals surface area contributed by atoms with E-state index in [2.05, 4.69) is 60.7 Å². The smallest absolute Gasteiger partial charge is 0.191 e. The summed E-state index contributed by atoms with van der Waals surface area (Å²) >= 11 is 0. The molecule has 0 heterocycles. The van der Waals surface area contributed by atoms with Crippen molar-refractivity contribution >= 4 is 5.96 Å². The Balaban J connectivity index is 2.50. The van der Waals surface area contributed by atoms with E-state index in [-0.39, 0.29) is 0 Å². The number of guanidine groups is 1. The Hall–Kier alpha value is -1.51. The van der Waals surface area contributed by atoms with Gasteiger partial charge in [0.25, 0.3) is 0 Å². The molecule has 0 saturated carbocycles. The molecule has 0 radical (unpaired) electrons. The molecule has 0 unspecified atom stereocenters. The van der Waals surface area contributed by atoms with Gasteiger partial charge in [0.2, 0.25) is 0 Å². The van der Waals surface area contributed by atoms with E-state index in [0.29, 0.717) is 0 Å². The minimum absolute atomic E-state index is 0.724. The van der Waals surface area contributed by atoms with Crippen LogP contribution >= 0.6 is 0 Å². The maximum Gasteiger partial charge on any atom is 0.191 e. The second-order valence-electron chi connectivity index (χ2n) is 4.46. The van der Waals surface area contributed by atoms with E-state index in [1.165, 1.54) is 24.0 Å². The fraction of sp³-hybridized carbons (Fsp3) is 0.533. The number of rotatable bonds is 6. The standard InChI is InChI=1S/C15H25N3/c1-4-6-11-17-15(16-5-2)18-12-14-9-7-13(3)8-10-14/h7-10H,4-6,11-12H2,1-3H3,(H2,16,17,18). The lowest BCUT2D eigenvalue weighted by atomic mass is 10.1. The predicted octanol–water partition coefficient (Wildman–Crippen LogP) is 2.85. The van der Waals surface area contributed by atoms with Gasteiger partial charge < -0.3 is 10.6 Å². The number of hydrogen-bond acceptors (Lipinski definition) is 1. The number of nitrogens with zero attached hydrogens (tertiary/aromatic N) is 1. The summed E-state index contributed by atoms with van der Waals surface area (Å²) < 4.78 is 0. The zero-order valence-electron chi connectivity index (χ0n) is 11.8. The summed E-state index contributed by atoms with van der Waals surface area (Å²) in [5.41, 5.74) is 2.53. The highest BCUT2D eigenvalue weighted by Crippen LogP contribution is 2.04. The van der Waals surface area contributed by atoms with Gasteiger partial charge in [0.15, 0.2) is 5.96 Å². The molecule has 0 aromatic heterocycles. The van der Waals surface area contributed by atoms with Crippen LogP contribution in [0.4, 0.5) is 0 Å². The highest BCUT2D eigenvalue weighted by molar-refractivity contribution is 5.79. The maximum absolute atomic E-state index is 4.58. The van der Waals surface area contributed by atoms with Crippen LogP contribution in [-0.4, -0.2) is 19.0 Å². The summed E-state index contributed by atoms with van der Waals surface area (Å²) in [6.45, 7) is 8.98. The molecule has 0 bridgehead atoms. The molecule has 3 nitrogen and oxygen atoms in total. The van der Waals surface area contributed by atoms with Crippen LogP contribution < -0.4 is 10.6 Å². The zero-order valence-corrected chi connectivity index (χ0v) is 11.8. The van der Waals surface area contributed by atoms with Crippen LogP contribution in [0.2, 0.25) is 0 Å². The SMILES string of the molecule is CCCCNC(=NCc1ccc(C)cc1)NCC. The monoisotopic (exact) mass is 247 g/mol. The first-order chi connectivity index (χ1) is 8.76. The Labute approximate surface area is 111 Å². The van der Waals surface area contributed by atoms with E-state index in [0.717, 1.165) is 25.6 Å². The number of benzene rings is 1. The summed E-state index contributed by atoms with van der Waals surface area (Å²) in [4.78, 5) is 4.58. The van der Waals surface area contributed by atoms with Gasteiger partial charge >= 0.3 is 0 Å². The summed E-state index contributed by atoms with van der Waals surface area (Å²) in [6.07, 6.45) is 2.37. The Morgan fingerprint density at radius 2 is 1.83 bits per heavy atom. The number of nitrogens with one attached hydrogen (secondary N) is 2. The zero-order chi connectivity index (χ0) is 13.2. The number of unbranched alkanes of at least 4 members (excludes halogenated alkanes) is 1. The molecule has 2 N–H and O–H groups in total. The first-order valence-electron chi connectivity index (χ1n) is 6.84. The van der Waals surface area contributed by atoms with Crippen LogP contribution in [0, 0.1) is 6.92 Å². The minimum Gasteiger partial charge on any atom is -0.357 e. The van der Waals surface area contributed by atoms with Gasteiger partial charge in [-0.25, -0.2) is 4.99 Å². The van der Waals surface area contributed by atoms with Crippen LogP contribution in [0.15, 0.2) is 29.3 Å². The molecule has 1 rings (SSSR count). The predicted molar refractivity (Wildman–Crippen MR) is 78.9 cm³/mol. The molecule has 0 aliphatic carbocycles. The summed E-state index contributed by atoms with van der Waals surface area (Å²) in [6, 6.07) is 8.52. The van der Waals surface area contributed by atoms with Gasteiger partial charge in [0.1, 0.15) is 0 Å². The van der Waals surface area contributed by atoms with Crippen molar-refractivity contribution < 1.29 is 0 Å². The first kappa shape index (κ1) is 14.6. The van der Waals surface area contributed by atoms with Gasteiger partial charge in [-0.2, -0.15) is 0 Å². The van der Waals surface area contributed by atoms with Gasteiger partial charge in [-0.05, 0) is 25.8 Å². The quantitative estimate of drug-likeness (QED) is 0.461. The minimum atomic E-state index is 0.724. The van der Waals surface area contributed by atoms with Gasteiger partial charge in [0.05, 0.1) is 6.54 Å². The van der Waals surface area contributed by atoms with E-state index in [4.69, 9.17) is 0 Å². The second kappa shape index (κ2) is 8.56. The Morgan fingerprint density at radius 1 is 1.11 bits per heavy atom. The van der Waals surface area contributed by atoms with E-state index in [1.54, 1.807) is 0 Å². The number of aliphatic imine (C=N–C) groups is 1. The second-order valence-corrected chi connectivity index (χ2v) is 4.46. The molecule has 1 aromatic rings. The Bertz CT molecular complexity index is 355. The first-order valence-corrected chi connectivity index (χ1v) is 6.84. The van der Waals surface area contributed by atoms with Gasteiger partial charge in [-0.1, -0.05) is 43.2 Å². The van der Waals surface area contributed by atoms with E-state index < -0.39 is 0 Å². The molecule has 0 fully saturated rings. The van der Waals surface area contributed by atoms with Gasteiger partial charge in [-0.3, -0.25) is 0 Å². The molecule has 3 heteroatoms. The third-order valence-corrected chi connectivity index (χ3v) is 2.71. The lowest BCUT2D eigenvalue weighted by Crippen LogP contribution is -2.37. The topological polar surface area (TPSA) is 36.4 Å². The number of aryl methyl sites for hydroxylation is 1. The Morgan fingerprint density at radius 3 is 2.44 bits per heavy atom. The van der Waals surface area contributed by atoms with Crippen molar-refractivity contribution in [3.05, 3.63) is 35.4 Å². The average Bonchev–Trinajstić information content (AvgIpc) is 2.38. The number of hydrogen-bond donors (Lipinski definition) is 2. The molecule has 0 aliphatic heterocycles. The highest BCUT2D eigenvalue weighted by Gasteiger charge is 1.96. The third kappa shape index (κ3) is 5.71. The van der Waals surface area contributed by atoms with Crippen molar-refractivity contribution in [2.75, 3.05) is 13.1 Å². The van der Waals surface area contributed by atoms with Crippen molar-refractivity contribution in [2.24, 2.45) is 4.99 Å². The van der Waals surface area contributed by atoms with Crippen molar-refractivity contribution in [3.63, 3.8) is 0 Å². The molecule has 1 aromatic carbocycles. The molecule has 100 valence electrons. The van der Waals surface area contributed by atoms with Crippen LogP contribution in [0.1, 0.15) is 37.8 Å². The fourth-order valence-electron chi connectivity index (χ4n) is 1.59. The van der Waals surface area contributed by atoms with Crippen LogP contribution in [0.25, 0.3) is 0 Å². The van der Waals surface area contributed by atoms with Crippen LogP contribution in [0.3, 0.4) is 0 Å². The normalized spacial score (nSPS) is 11.4. The summed E-state index contributed by atoms with van der Waals surface area (Å²) in [5.74, 6) is 0.909. The van der Waals surface area contributed by atoms with Crippen LogP contribution in [0.5, 0.6) is 0 Å². The molecule has 0 saturated heterocycles. The van der Waals surface area contributed by atoms with Gasteiger partial charge in [0, 0.05) is 13.1 Å².